The number of carbonyl (C=O) groups excluding carboxylic acids is 2. The second-order valence-electron chi connectivity index (χ2n) is 6.84. The third-order valence-corrected chi connectivity index (χ3v) is 5.20. The van der Waals surface area contributed by atoms with E-state index in [1.54, 1.807) is 0 Å². The molecule has 0 spiro atoms. The second-order valence-corrected chi connectivity index (χ2v) is 6.84. The largest absolute Gasteiger partial charge is 0.368 e. The van der Waals surface area contributed by atoms with Gasteiger partial charge in [0.1, 0.15) is 5.54 Å². The summed E-state index contributed by atoms with van der Waals surface area (Å²) in [5.41, 5.74) is 4.77. The second kappa shape index (κ2) is 8.73. The summed E-state index contributed by atoms with van der Waals surface area (Å²) >= 11 is 0. The Morgan fingerprint density at radius 1 is 1.27 bits per heavy atom. The Morgan fingerprint density at radius 2 is 1.95 bits per heavy atom. The highest BCUT2D eigenvalue weighted by atomic mass is 35.5. The molecule has 1 heterocycles. The minimum Gasteiger partial charge on any atom is -0.368 e. The summed E-state index contributed by atoms with van der Waals surface area (Å²) in [7, 11) is 0. The van der Waals surface area contributed by atoms with Crippen molar-refractivity contribution < 1.29 is 9.59 Å². The molecular formula is C16H30ClN3O2. The SMILES string of the molecule is CC(CC(=O)NC1(C(N)=O)CCCCC1)C1CCCNC1.Cl. The van der Waals surface area contributed by atoms with Crippen LogP contribution in [0, 0.1) is 11.8 Å². The molecule has 0 aromatic rings. The highest BCUT2D eigenvalue weighted by molar-refractivity contribution is 5.90. The quantitative estimate of drug-likeness (QED) is 0.717. The fourth-order valence-electron chi connectivity index (χ4n) is 3.73. The van der Waals surface area contributed by atoms with E-state index in [0.717, 1.165) is 32.4 Å². The van der Waals surface area contributed by atoms with Gasteiger partial charge in [-0.1, -0.05) is 26.2 Å². The number of piperidine rings is 1. The van der Waals surface area contributed by atoms with Crippen molar-refractivity contribution in [2.45, 2.75) is 63.8 Å². The molecule has 0 aromatic heterocycles. The lowest BCUT2D eigenvalue weighted by molar-refractivity contribution is -0.133. The summed E-state index contributed by atoms with van der Waals surface area (Å²) < 4.78 is 0. The molecule has 0 radical (unpaired) electrons. The molecule has 22 heavy (non-hydrogen) atoms. The lowest BCUT2D eigenvalue weighted by Crippen LogP contribution is -2.58. The highest BCUT2D eigenvalue weighted by Gasteiger charge is 2.39. The van der Waals surface area contributed by atoms with E-state index in [4.69, 9.17) is 5.73 Å². The minimum absolute atomic E-state index is 0. The number of amides is 2. The molecular weight excluding hydrogens is 302 g/mol. The average Bonchev–Trinajstić information content (AvgIpc) is 2.48. The van der Waals surface area contributed by atoms with Crippen molar-refractivity contribution in [2.24, 2.45) is 17.6 Å². The Hall–Kier alpha value is -0.810. The first-order valence-corrected chi connectivity index (χ1v) is 8.35. The lowest BCUT2D eigenvalue weighted by Gasteiger charge is -2.36. The molecule has 2 aliphatic rings. The van der Waals surface area contributed by atoms with Gasteiger partial charge in [-0.25, -0.2) is 0 Å². The van der Waals surface area contributed by atoms with Gasteiger partial charge in [-0.2, -0.15) is 0 Å². The van der Waals surface area contributed by atoms with Gasteiger partial charge in [0.15, 0.2) is 0 Å². The third-order valence-electron chi connectivity index (χ3n) is 5.20. The molecule has 2 atom stereocenters. The fourth-order valence-corrected chi connectivity index (χ4v) is 3.73. The molecule has 2 unspecified atom stereocenters. The van der Waals surface area contributed by atoms with E-state index in [-0.39, 0.29) is 24.2 Å². The summed E-state index contributed by atoms with van der Waals surface area (Å²) in [6.07, 6.45) is 7.28. The Bertz CT molecular complexity index is 378. The van der Waals surface area contributed by atoms with Gasteiger partial charge < -0.3 is 16.4 Å². The Morgan fingerprint density at radius 3 is 2.50 bits per heavy atom. The maximum Gasteiger partial charge on any atom is 0.243 e. The normalized spacial score (nSPS) is 25.6. The molecule has 1 aliphatic heterocycles. The first kappa shape index (κ1) is 19.2. The highest BCUT2D eigenvalue weighted by Crippen LogP contribution is 2.29. The van der Waals surface area contributed by atoms with Crippen molar-refractivity contribution in [1.82, 2.24) is 10.6 Å². The summed E-state index contributed by atoms with van der Waals surface area (Å²) in [5, 5.41) is 6.36. The first-order valence-electron chi connectivity index (χ1n) is 8.35. The molecule has 2 amide bonds. The van der Waals surface area contributed by atoms with Gasteiger partial charge >= 0.3 is 0 Å². The maximum atomic E-state index is 12.3. The standard InChI is InChI=1S/C16H29N3O2.ClH/c1-12(13-6-5-9-18-11-13)10-14(20)19-16(15(17)21)7-3-2-4-8-16;/h12-13,18H,2-11H2,1H3,(H2,17,21)(H,19,20);1H. The number of nitrogens with one attached hydrogen (secondary N) is 2. The number of nitrogens with two attached hydrogens (primary N) is 1. The molecule has 5 nitrogen and oxygen atoms in total. The van der Waals surface area contributed by atoms with Crippen molar-refractivity contribution in [3.05, 3.63) is 0 Å². The lowest BCUT2D eigenvalue weighted by atomic mass is 9.80. The number of carbonyl (C=O) groups is 2. The summed E-state index contributed by atoms with van der Waals surface area (Å²) in [6, 6.07) is 0. The zero-order valence-corrected chi connectivity index (χ0v) is 14.3. The third kappa shape index (κ3) is 4.85. The molecule has 0 bridgehead atoms. The maximum absolute atomic E-state index is 12.3. The van der Waals surface area contributed by atoms with Crippen LogP contribution in [-0.2, 0) is 9.59 Å². The van der Waals surface area contributed by atoms with Gasteiger partial charge in [0, 0.05) is 6.42 Å². The number of rotatable bonds is 5. The van der Waals surface area contributed by atoms with Crippen molar-refractivity contribution in [2.75, 3.05) is 13.1 Å². The van der Waals surface area contributed by atoms with E-state index in [2.05, 4.69) is 17.6 Å². The van der Waals surface area contributed by atoms with Crippen LogP contribution in [0.25, 0.3) is 0 Å². The zero-order chi connectivity index (χ0) is 15.3. The van der Waals surface area contributed by atoms with Gasteiger partial charge in [0.05, 0.1) is 0 Å². The van der Waals surface area contributed by atoms with E-state index in [0.29, 0.717) is 31.1 Å². The van der Waals surface area contributed by atoms with Crippen LogP contribution in [0.1, 0.15) is 58.3 Å². The van der Waals surface area contributed by atoms with Crippen molar-refractivity contribution in [1.29, 1.82) is 0 Å². The summed E-state index contributed by atoms with van der Waals surface area (Å²) in [6.45, 7) is 4.21. The van der Waals surface area contributed by atoms with Crippen LogP contribution in [0.15, 0.2) is 0 Å². The Balaban J connectivity index is 0.00000242. The van der Waals surface area contributed by atoms with Crippen LogP contribution < -0.4 is 16.4 Å². The van der Waals surface area contributed by atoms with E-state index >= 15 is 0 Å². The van der Waals surface area contributed by atoms with Gasteiger partial charge in [-0.15, -0.1) is 12.4 Å². The fraction of sp³-hybridized carbons (Fsp3) is 0.875. The molecule has 0 aromatic carbocycles. The molecule has 6 heteroatoms. The van der Waals surface area contributed by atoms with Crippen LogP contribution in [0.3, 0.4) is 0 Å². The average molecular weight is 332 g/mol. The van der Waals surface area contributed by atoms with Crippen LogP contribution >= 0.6 is 12.4 Å². The van der Waals surface area contributed by atoms with Crippen molar-refractivity contribution in [3.63, 3.8) is 0 Å². The van der Waals surface area contributed by atoms with Crippen LogP contribution in [0.2, 0.25) is 0 Å². The number of hydrogen-bond acceptors (Lipinski definition) is 3. The monoisotopic (exact) mass is 331 g/mol. The molecule has 2 fully saturated rings. The van der Waals surface area contributed by atoms with E-state index in [1.807, 2.05) is 0 Å². The molecule has 1 saturated carbocycles. The number of halogens is 1. The van der Waals surface area contributed by atoms with Gasteiger partial charge in [0.2, 0.25) is 11.8 Å². The summed E-state index contributed by atoms with van der Waals surface area (Å²) in [4.78, 5) is 24.1. The topological polar surface area (TPSA) is 84.2 Å². The van der Waals surface area contributed by atoms with Gasteiger partial charge in [0.25, 0.3) is 0 Å². The van der Waals surface area contributed by atoms with Crippen molar-refractivity contribution >= 4 is 24.2 Å². The van der Waals surface area contributed by atoms with E-state index < -0.39 is 5.54 Å². The van der Waals surface area contributed by atoms with Gasteiger partial charge in [-0.3, -0.25) is 9.59 Å². The van der Waals surface area contributed by atoms with Crippen LogP contribution in [0.4, 0.5) is 0 Å². The zero-order valence-electron chi connectivity index (χ0n) is 13.5. The summed E-state index contributed by atoms with van der Waals surface area (Å²) in [5.74, 6) is 0.503. The van der Waals surface area contributed by atoms with Crippen LogP contribution in [0.5, 0.6) is 0 Å². The first-order chi connectivity index (χ1) is 10.0. The van der Waals surface area contributed by atoms with E-state index in [1.165, 1.54) is 12.8 Å². The molecule has 1 aliphatic carbocycles. The molecule has 4 N–H and O–H groups in total. The predicted octanol–water partition coefficient (Wildman–Crippen LogP) is 1.74. The molecule has 1 saturated heterocycles. The van der Waals surface area contributed by atoms with Crippen molar-refractivity contribution in [3.8, 4) is 0 Å². The Kier molecular flexibility index (Phi) is 7.63. The minimum atomic E-state index is -0.792. The Labute approximate surface area is 139 Å². The number of hydrogen-bond donors (Lipinski definition) is 3. The molecule has 2 rings (SSSR count). The van der Waals surface area contributed by atoms with Gasteiger partial charge in [-0.05, 0) is 50.6 Å². The van der Waals surface area contributed by atoms with E-state index in [9.17, 15) is 9.59 Å². The molecule has 128 valence electrons. The number of primary amides is 1. The smallest absolute Gasteiger partial charge is 0.243 e. The predicted molar refractivity (Wildman–Crippen MR) is 89.8 cm³/mol. The van der Waals surface area contributed by atoms with Crippen LogP contribution in [-0.4, -0.2) is 30.4 Å².